The average Bonchev–Trinajstić information content (AvgIpc) is 3.72. The zero-order valence-corrected chi connectivity index (χ0v) is 51.0. The lowest BCUT2D eigenvalue weighted by molar-refractivity contribution is -0.138. The molecule has 1 heterocycles. The van der Waals surface area contributed by atoms with Crippen LogP contribution >= 0.6 is 95.6 Å². The molecule has 2 atom stereocenters. The van der Waals surface area contributed by atoms with Crippen LogP contribution in [0.2, 0.25) is 0 Å². The fourth-order valence-corrected chi connectivity index (χ4v) is 9.21. The highest BCUT2D eigenvalue weighted by Gasteiger charge is 2.33. The number of rotatable bonds is 15. The van der Waals surface area contributed by atoms with E-state index in [-0.39, 0.29) is 12.7 Å². The number of halogens is 6. The Bertz CT molecular complexity index is 2550. The molecule has 6 aromatic rings. The zero-order chi connectivity index (χ0) is 54.3. The van der Waals surface area contributed by atoms with Crippen LogP contribution in [0.1, 0.15) is 36.1 Å². The Balaban J connectivity index is 0.000000304. The molecule has 10 nitrogen and oxygen atoms in total. The van der Waals surface area contributed by atoms with Crippen molar-refractivity contribution in [1.82, 2.24) is 0 Å². The molecule has 6 aromatic carbocycles. The van der Waals surface area contributed by atoms with Gasteiger partial charge in [-0.05, 0) is 112 Å². The Kier molecular flexibility index (Phi) is 32.2. The predicted octanol–water partition coefficient (Wildman–Crippen LogP) is 15.7. The van der Waals surface area contributed by atoms with Gasteiger partial charge >= 0.3 is 0 Å². The summed E-state index contributed by atoms with van der Waals surface area (Å²) in [4.78, 5) is 0. The molecule has 1 aliphatic rings. The number of phenols is 2. The van der Waals surface area contributed by atoms with Crippen molar-refractivity contribution in [2.24, 2.45) is 0 Å². The first-order chi connectivity index (χ1) is 34.9. The molecule has 73 heavy (non-hydrogen) atoms. The second kappa shape index (κ2) is 36.1. The van der Waals surface area contributed by atoms with E-state index >= 15 is 0 Å². The fraction of sp³-hybridized carbons (Fsp3) is 0.263. The number of hydrogen-bond donors (Lipinski definition) is 4. The van der Waals surface area contributed by atoms with Gasteiger partial charge in [0.25, 0.3) is 0 Å². The highest BCUT2D eigenvalue weighted by atomic mass is 79.9. The van der Waals surface area contributed by atoms with Crippen LogP contribution in [0.3, 0.4) is 0 Å². The normalized spacial score (nSPS) is 13.1. The van der Waals surface area contributed by atoms with Gasteiger partial charge < -0.3 is 48.8 Å². The molecule has 0 bridgehead atoms. The van der Waals surface area contributed by atoms with Crippen molar-refractivity contribution < 1.29 is 48.8 Å². The molecular formula is C57H64Br6O10. The Morgan fingerprint density at radius 1 is 0.616 bits per heavy atom. The van der Waals surface area contributed by atoms with E-state index in [2.05, 4.69) is 115 Å². The number of hydrogen-bond acceptors (Lipinski definition) is 10. The SMILES string of the molecule is C=CCOc1cccc(Br)c1.C=CCc1c(Br)cccc1OC.C=CCc1c(O)cccc1Br.COc1cccc(Br)c1CC(O)CO.COc1cccc(Br)c1CC1COC(C)(C)O1.Oc1cccc(Br)c1. The summed E-state index contributed by atoms with van der Waals surface area (Å²) < 4.78 is 38.2. The van der Waals surface area contributed by atoms with Crippen LogP contribution in [0.15, 0.2) is 186 Å². The van der Waals surface area contributed by atoms with Crippen molar-refractivity contribution in [3.05, 3.63) is 208 Å². The predicted molar refractivity (Wildman–Crippen MR) is 317 cm³/mol. The van der Waals surface area contributed by atoms with Crippen molar-refractivity contribution in [3.8, 4) is 34.5 Å². The van der Waals surface area contributed by atoms with E-state index in [9.17, 15) is 10.2 Å². The monoisotopic (exact) mass is 1380 g/mol. The standard InChI is InChI=1S/C13H17BrO3.C10H13BrO3.C10H11BrO.2C9H9BrO.C6H5BrO/c1-13(2)16-8-9(17-13)7-10-11(14)5-4-6-12(10)15-3;1-14-10-4-2-3-9(11)8(10)5-7(13)6-12;1-3-5-8-9(11)6-4-7-10(8)12-2;1-2-6-11-9-5-3-4-8(10)7-9;1-2-4-7-8(10)5-3-6-9(7)11;7-5-2-1-3-6(8)4-5/h4-6,9H,7-8H2,1-3H3;2-4,7,12-13H,5-6H2,1H3;3-4,6-7H,1,5H2,2H3;2-5,7H,1,6H2;2-3,5-6,11H,1,4H2;1-4,8H. The van der Waals surface area contributed by atoms with Gasteiger partial charge in [0, 0.05) is 61.9 Å². The van der Waals surface area contributed by atoms with Crippen LogP contribution in [0, 0.1) is 0 Å². The first kappa shape index (κ1) is 65.2. The molecule has 16 heteroatoms. The van der Waals surface area contributed by atoms with Crippen LogP contribution in [-0.4, -0.2) is 79.6 Å². The summed E-state index contributed by atoms with van der Waals surface area (Å²) in [6.07, 6.45) is 7.36. The molecule has 7 rings (SSSR count). The lowest BCUT2D eigenvalue weighted by atomic mass is 10.1. The van der Waals surface area contributed by atoms with Crippen molar-refractivity contribution in [1.29, 1.82) is 0 Å². The third-order valence-corrected chi connectivity index (χ3v) is 13.8. The minimum Gasteiger partial charge on any atom is -0.508 e. The highest BCUT2D eigenvalue weighted by Crippen LogP contribution is 2.33. The Morgan fingerprint density at radius 2 is 1.08 bits per heavy atom. The van der Waals surface area contributed by atoms with E-state index in [4.69, 9.17) is 38.6 Å². The lowest BCUT2D eigenvalue weighted by Crippen LogP contribution is -2.22. The van der Waals surface area contributed by atoms with Gasteiger partial charge in [0.05, 0.1) is 46.8 Å². The summed E-state index contributed by atoms with van der Waals surface area (Å²) in [5.74, 6) is 3.50. The number of ether oxygens (including phenoxy) is 6. The van der Waals surface area contributed by atoms with Crippen LogP contribution in [0.4, 0.5) is 0 Å². The Labute approximate surface area is 481 Å². The van der Waals surface area contributed by atoms with Crippen LogP contribution < -0.4 is 18.9 Å². The Morgan fingerprint density at radius 3 is 1.53 bits per heavy atom. The minimum absolute atomic E-state index is 0.0811. The maximum Gasteiger partial charge on any atom is 0.163 e. The largest absolute Gasteiger partial charge is 0.508 e. The third kappa shape index (κ3) is 25.0. The molecule has 0 aromatic heterocycles. The maximum atomic E-state index is 9.34. The number of benzene rings is 6. The average molecular weight is 1390 g/mol. The molecule has 1 fully saturated rings. The van der Waals surface area contributed by atoms with E-state index in [1.807, 2.05) is 111 Å². The second-order valence-electron chi connectivity index (χ2n) is 15.7. The lowest BCUT2D eigenvalue weighted by Gasteiger charge is -2.18. The first-order valence-corrected chi connectivity index (χ1v) is 27.3. The number of aliphatic hydroxyl groups is 2. The van der Waals surface area contributed by atoms with Crippen molar-refractivity contribution in [2.75, 3.05) is 41.2 Å². The van der Waals surface area contributed by atoms with E-state index in [1.54, 1.807) is 63.8 Å². The van der Waals surface area contributed by atoms with E-state index < -0.39 is 11.9 Å². The summed E-state index contributed by atoms with van der Waals surface area (Å²) >= 11 is 20.3. The van der Waals surface area contributed by atoms with Gasteiger partial charge in [-0.3, -0.25) is 0 Å². The summed E-state index contributed by atoms with van der Waals surface area (Å²) in [6, 6.07) is 37.4. The van der Waals surface area contributed by atoms with Gasteiger partial charge in [0.2, 0.25) is 0 Å². The quantitative estimate of drug-likeness (QED) is 0.0736. The minimum atomic E-state index is -0.748. The fourth-order valence-electron chi connectivity index (χ4n) is 6.40. The molecule has 1 saturated heterocycles. The number of phenolic OH excluding ortho intramolecular Hbond substituents is 2. The van der Waals surface area contributed by atoms with Gasteiger partial charge in [-0.15, -0.1) is 13.2 Å². The summed E-state index contributed by atoms with van der Waals surface area (Å²) in [5, 5.41) is 36.2. The molecule has 4 N–H and O–H groups in total. The van der Waals surface area contributed by atoms with E-state index in [1.165, 1.54) is 0 Å². The maximum absolute atomic E-state index is 9.34. The van der Waals surface area contributed by atoms with Gasteiger partial charge in [-0.2, -0.15) is 0 Å². The summed E-state index contributed by atoms with van der Waals surface area (Å²) in [7, 11) is 4.94. The van der Waals surface area contributed by atoms with Crippen molar-refractivity contribution in [3.63, 3.8) is 0 Å². The molecule has 0 amide bonds. The summed E-state index contributed by atoms with van der Waals surface area (Å²) in [6.45, 7) is 15.7. The van der Waals surface area contributed by atoms with Gasteiger partial charge in [0.15, 0.2) is 5.79 Å². The molecule has 0 spiro atoms. The van der Waals surface area contributed by atoms with Crippen LogP contribution in [0.5, 0.6) is 34.5 Å². The van der Waals surface area contributed by atoms with Gasteiger partial charge in [0.1, 0.15) is 41.1 Å². The number of methoxy groups -OCH3 is 3. The van der Waals surface area contributed by atoms with Crippen LogP contribution in [0.25, 0.3) is 0 Å². The Hall–Kier alpha value is -3.94. The third-order valence-electron chi connectivity index (χ3n) is 9.80. The molecule has 0 aliphatic carbocycles. The van der Waals surface area contributed by atoms with Gasteiger partial charge in [-0.25, -0.2) is 0 Å². The first-order valence-electron chi connectivity index (χ1n) is 22.5. The highest BCUT2D eigenvalue weighted by molar-refractivity contribution is 9.11. The molecule has 0 radical (unpaired) electrons. The zero-order valence-electron chi connectivity index (χ0n) is 41.5. The smallest absolute Gasteiger partial charge is 0.163 e. The van der Waals surface area contributed by atoms with E-state index in [0.717, 1.165) is 79.2 Å². The van der Waals surface area contributed by atoms with Gasteiger partial charge in [-0.1, -0.05) is 157 Å². The van der Waals surface area contributed by atoms with Crippen molar-refractivity contribution >= 4 is 95.6 Å². The topological polar surface area (TPSA) is 136 Å². The molecule has 2 unspecified atom stereocenters. The van der Waals surface area contributed by atoms with Crippen molar-refractivity contribution in [2.45, 2.75) is 57.5 Å². The number of allylic oxidation sites excluding steroid dienone is 2. The number of aliphatic hydroxyl groups excluding tert-OH is 2. The molecule has 394 valence electrons. The molecular weight excluding hydrogens is 1320 g/mol. The van der Waals surface area contributed by atoms with Crippen LogP contribution in [-0.2, 0) is 35.2 Å². The summed E-state index contributed by atoms with van der Waals surface area (Å²) in [5.41, 5.74) is 4.04. The molecule has 1 aliphatic heterocycles. The molecule has 0 saturated carbocycles. The second-order valence-corrected chi connectivity index (χ2v) is 21.0. The van der Waals surface area contributed by atoms with E-state index in [0.29, 0.717) is 43.3 Å². The number of aromatic hydroxyl groups is 2.